The van der Waals surface area contributed by atoms with Crippen molar-refractivity contribution < 1.29 is 23.5 Å². The first-order valence-electron chi connectivity index (χ1n) is 10.1. The van der Waals surface area contributed by atoms with E-state index in [9.17, 15) is 14.4 Å². The van der Waals surface area contributed by atoms with Gasteiger partial charge in [-0.3, -0.25) is 19.3 Å². The zero-order valence-corrected chi connectivity index (χ0v) is 16.5. The van der Waals surface area contributed by atoms with E-state index in [0.717, 1.165) is 17.4 Å². The molecule has 6 nitrogen and oxygen atoms in total. The highest BCUT2D eigenvalue weighted by Gasteiger charge is 2.58. The number of carbonyl (C=O) groups excluding carboxylic acids is 3. The summed E-state index contributed by atoms with van der Waals surface area (Å²) in [7, 11) is 0. The molecular formula is C23H21FN2O4. The van der Waals surface area contributed by atoms with Gasteiger partial charge in [0.2, 0.25) is 12.3 Å². The molecule has 0 aromatic heterocycles. The molecule has 5 rings (SSSR count). The molecule has 1 aromatic rings. The van der Waals surface area contributed by atoms with Gasteiger partial charge in [0, 0.05) is 24.8 Å². The second kappa shape index (κ2) is 6.43. The smallest absolute Gasteiger partial charge is 0.272 e. The van der Waals surface area contributed by atoms with Gasteiger partial charge in [-0.15, -0.1) is 6.42 Å². The lowest BCUT2D eigenvalue weighted by molar-refractivity contribution is -0.128. The maximum atomic E-state index is 15.0. The Hall–Kier alpha value is -3.14. The van der Waals surface area contributed by atoms with Crippen molar-refractivity contribution in [3.05, 3.63) is 30.1 Å². The Kier molecular flexibility index (Phi) is 4.04. The molecule has 4 atom stereocenters. The quantitative estimate of drug-likeness (QED) is 0.437. The number of hydrogen-bond donors (Lipinski definition) is 0. The summed E-state index contributed by atoms with van der Waals surface area (Å²) in [5.74, 6) is 1.22. The lowest BCUT2D eigenvalue weighted by atomic mass is 9.83. The van der Waals surface area contributed by atoms with E-state index in [1.54, 1.807) is 0 Å². The van der Waals surface area contributed by atoms with Gasteiger partial charge in [-0.2, -0.15) is 0 Å². The number of halogens is 1. The first-order chi connectivity index (χ1) is 14.4. The van der Waals surface area contributed by atoms with E-state index in [0.29, 0.717) is 25.2 Å². The third-order valence-electron chi connectivity index (χ3n) is 6.95. The summed E-state index contributed by atoms with van der Waals surface area (Å²) in [5.41, 5.74) is -0.895. The van der Waals surface area contributed by atoms with Crippen LogP contribution in [0.3, 0.4) is 0 Å². The minimum Gasteiger partial charge on any atom is -0.475 e. The molecule has 2 bridgehead atoms. The van der Waals surface area contributed by atoms with Crippen LogP contribution in [0.4, 0.5) is 15.8 Å². The van der Waals surface area contributed by atoms with Gasteiger partial charge in [0.25, 0.3) is 5.91 Å². The average molecular weight is 408 g/mol. The zero-order valence-electron chi connectivity index (χ0n) is 16.5. The number of allylic oxidation sites excluding steroid dienone is 2. The van der Waals surface area contributed by atoms with Gasteiger partial charge >= 0.3 is 0 Å². The number of terminal acetylenes is 1. The molecule has 1 spiro atoms. The summed E-state index contributed by atoms with van der Waals surface area (Å²) in [4.78, 5) is 40.1. The molecule has 3 amide bonds. The summed E-state index contributed by atoms with van der Waals surface area (Å²) >= 11 is 0. The van der Waals surface area contributed by atoms with Crippen LogP contribution in [0.2, 0.25) is 0 Å². The highest BCUT2D eigenvalue weighted by Crippen LogP contribution is 2.51. The fraction of sp³-hybridized carbons (Fsp3) is 0.435. The summed E-state index contributed by atoms with van der Waals surface area (Å²) in [6.45, 7) is 1.98. The number of benzene rings is 1. The van der Waals surface area contributed by atoms with Crippen molar-refractivity contribution in [1.29, 1.82) is 0 Å². The molecule has 1 aliphatic heterocycles. The van der Waals surface area contributed by atoms with Crippen molar-refractivity contribution in [2.75, 3.05) is 16.3 Å². The Morgan fingerprint density at radius 3 is 2.73 bits per heavy atom. The van der Waals surface area contributed by atoms with Gasteiger partial charge < -0.3 is 4.74 Å². The number of ether oxygens (including phenoxy) is 1. The molecule has 7 heteroatoms. The van der Waals surface area contributed by atoms with Gasteiger partial charge in [-0.25, -0.2) is 9.29 Å². The van der Waals surface area contributed by atoms with Crippen LogP contribution in [-0.4, -0.2) is 30.4 Å². The highest BCUT2D eigenvalue weighted by molar-refractivity contribution is 6.10. The molecule has 4 aliphatic rings. The Labute approximate surface area is 173 Å². The van der Waals surface area contributed by atoms with Gasteiger partial charge in [-0.05, 0) is 30.2 Å². The Morgan fingerprint density at radius 2 is 2.13 bits per heavy atom. The molecule has 1 heterocycles. The van der Waals surface area contributed by atoms with Crippen LogP contribution in [0.15, 0.2) is 24.3 Å². The van der Waals surface area contributed by atoms with E-state index >= 15 is 4.39 Å². The summed E-state index contributed by atoms with van der Waals surface area (Å²) in [6, 6.07) is 2.45. The van der Waals surface area contributed by atoms with Crippen LogP contribution >= 0.6 is 0 Å². The topological polar surface area (TPSA) is 66.9 Å². The van der Waals surface area contributed by atoms with Crippen molar-refractivity contribution in [3.8, 4) is 18.1 Å². The van der Waals surface area contributed by atoms with Crippen LogP contribution in [0.5, 0.6) is 5.75 Å². The van der Waals surface area contributed by atoms with Crippen molar-refractivity contribution >= 4 is 29.6 Å². The average Bonchev–Trinajstić information content (AvgIpc) is 3.21. The molecule has 2 saturated carbocycles. The molecule has 3 aliphatic carbocycles. The van der Waals surface area contributed by atoms with Crippen molar-refractivity contribution in [2.45, 2.75) is 31.8 Å². The zero-order chi connectivity index (χ0) is 21.2. The van der Waals surface area contributed by atoms with E-state index in [1.807, 2.05) is 13.0 Å². The molecule has 4 unspecified atom stereocenters. The molecule has 30 heavy (non-hydrogen) atoms. The van der Waals surface area contributed by atoms with E-state index in [-0.39, 0.29) is 47.3 Å². The standard InChI is InChI=1S/C23H21FN2O4/c1-3-8-25-18-11-17(16(24)10-19(18)30-23(6-7-23)22(25)29)26(12-27)21(28)20-13(2)14-4-5-15(20)9-14/h1,4-5,10-15,20H,6-9H2,2H3. The van der Waals surface area contributed by atoms with Gasteiger partial charge in [0.05, 0.1) is 17.9 Å². The Balaban J connectivity index is 1.54. The van der Waals surface area contributed by atoms with Crippen LogP contribution < -0.4 is 14.5 Å². The van der Waals surface area contributed by atoms with E-state index in [2.05, 4.69) is 12.0 Å². The van der Waals surface area contributed by atoms with E-state index in [4.69, 9.17) is 11.2 Å². The second-order valence-electron chi connectivity index (χ2n) is 8.61. The van der Waals surface area contributed by atoms with Crippen LogP contribution in [0.1, 0.15) is 26.2 Å². The summed E-state index contributed by atoms with van der Waals surface area (Å²) in [6.07, 6.45) is 11.9. The first kappa shape index (κ1) is 18.9. The van der Waals surface area contributed by atoms with Crippen molar-refractivity contribution in [1.82, 2.24) is 0 Å². The highest BCUT2D eigenvalue weighted by atomic mass is 19.1. The van der Waals surface area contributed by atoms with Crippen LogP contribution in [0, 0.1) is 41.8 Å². The van der Waals surface area contributed by atoms with E-state index in [1.165, 1.54) is 11.0 Å². The number of fused-ring (bicyclic) bond motifs is 3. The molecule has 2 fully saturated rings. The third kappa shape index (κ3) is 2.53. The SMILES string of the molecule is C#CCN1C(=O)C2(CC2)Oc2cc(F)c(N(C=O)C(=O)C3C4C=CC(C4)C3C)cc21. The summed E-state index contributed by atoms with van der Waals surface area (Å²) < 4.78 is 20.8. The minimum atomic E-state index is -0.969. The molecular weight excluding hydrogens is 387 g/mol. The summed E-state index contributed by atoms with van der Waals surface area (Å²) in [5, 5.41) is 0. The van der Waals surface area contributed by atoms with E-state index < -0.39 is 17.3 Å². The number of rotatable bonds is 4. The first-order valence-corrected chi connectivity index (χ1v) is 10.1. The fourth-order valence-corrected chi connectivity index (χ4v) is 5.16. The number of imide groups is 1. The monoisotopic (exact) mass is 408 g/mol. The van der Waals surface area contributed by atoms with Crippen LogP contribution in [0.25, 0.3) is 0 Å². The van der Waals surface area contributed by atoms with Crippen molar-refractivity contribution in [2.24, 2.45) is 23.7 Å². The maximum absolute atomic E-state index is 15.0. The normalized spacial score (nSPS) is 29.4. The number of anilines is 2. The second-order valence-corrected chi connectivity index (χ2v) is 8.61. The lowest BCUT2D eigenvalue weighted by Crippen LogP contribution is -2.48. The molecule has 0 radical (unpaired) electrons. The molecule has 1 aromatic carbocycles. The van der Waals surface area contributed by atoms with Gasteiger partial charge in [-0.1, -0.05) is 25.0 Å². The molecule has 154 valence electrons. The largest absolute Gasteiger partial charge is 0.475 e. The maximum Gasteiger partial charge on any atom is 0.272 e. The number of hydrogen-bond acceptors (Lipinski definition) is 4. The Bertz CT molecular complexity index is 1040. The fourth-order valence-electron chi connectivity index (χ4n) is 5.16. The van der Waals surface area contributed by atoms with Gasteiger partial charge in [0.15, 0.2) is 11.4 Å². The Morgan fingerprint density at radius 1 is 1.40 bits per heavy atom. The van der Waals surface area contributed by atoms with Crippen molar-refractivity contribution in [3.63, 3.8) is 0 Å². The molecule has 0 saturated heterocycles. The minimum absolute atomic E-state index is 0.00867. The molecule has 0 N–H and O–H groups in total. The van der Waals surface area contributed by atoms with Crippen LogP contribution in [-0.2, 0) is 14.4 Å². The lowest BCUT2D eigenvalue weighted by Gasteiger charge is -2.35. The predicted molar refractivity (Wildman–Crippen MR) is 107 cm³/mol. The van der Waals surface area contributed by atoms with Gasteiger partial charge in [0.1, 0.15) is 5.75 Å². The number of amides is 3. The third-order valence-corrected chi connectivity index (χ3v) is 6.95. The number of carbonyl (C=O) groups is 3. The predicted octanol–water partition coefficient (Wildman–Crippen LogP) is 2.66. The number of nitrogens with zero attached hydrogens (tertiary/aromatic N) is 2.